The molecule has 1 aliphatic rings. The Balaban J connectivity index is 2.27. The second-order valence-electron chi connectivity index (χ2n) is 4.28. The first-order valence-corrected chi connectivity index (χ1v) is 5.90. The highest BCUT2D eigenvalue weighted by molar-refractivity contribution is 7.71. The van der Waals surface area contributed by atoms with Crippen molar-refractivity contribution < 1.29 is 4.79 Å². The lowest BCUT2D eigenvalue weighted by atomic mass is 9.93. The van der Waals surface area contributed by atoms with Crippen LogP contribution in [0.1, 0.15) is 35.7 Å². The molecule has 1 N–H and O–H groups in total. The first-order chi connectivity index (χ1) is 7.79. The van der Waals surface area contributed by atoms with Crippen LogP contribution in [0.3, 0.4) is 0 Å². The van der Waals surface area contributed by atoms with Crippen molar-refractivity contribution in [1.82, 2.24) is 9.55 Å². The van der Waals surface area contributed by atoms with Gasteiger partial charge in [0.15, 0.2) is 4.77 Å². The molecule has 1 saturated carbocycles. The smallest absolute Gasteiger partial charge is 0.178 e. The van der Waals surface area contributed by atoms with Crippen LogP contribution in [0.15, 0.2) is 18.2 Å². The van der Waals surface area contributed by atoms with E-state index in [0.717, 1.165) is 22.1 Å². The van der Waals surface area contributed by atoms with Crippen LogP contribution >= 0.6 is 12.2 Å². The lowest BCUT2D eigenvalue weighted by molar-refractivity contribution is 0.112. The molecule has 0 radical (unpaired) electrons. The van der Waals surface area contributed by atoms with E-state index < -0.39 is 0 Å². The number of hydrogen-bond acceptors (Lipinski definition) is 2. The number of aldehydes is 1. The molecule has 1 aromatic carbocycles. The number of benzene rings is 1. The molecule has 0 spiro atoms. The van der Waals surface area contributed by atoms with Crippen molar-refractivity contribution in [3.63, 3.8) is 0 Å². The van der Waals surface area contributed by atoms with Gasteiger partial charge in [-0.25, -0.2) is 0 Å². The first-order valence-electron chi connectivity index (χ1n) is 5.49. The lowest BCUT2D eigenvalue weighted by Gasteiger charge is -2.27. The summed E-state index contributed by atoms with van der Waals surface area (Å²) in [7, 11) is 0. The highest BCUT2D eigenvalue weighted by Gasteiger charge is 2.22. The Morgan fingerprint density at radius 2 is 2.25 bits per heavy atom. The van der Waals surface area contributed by atoms with Crippen molar-refractivity contribution >= 4 is 29.5 Å². The Morgan fingerprint density at radius 3 is 2.88 bits per heavy atom. The third-order valence-corrected chi connectivity index (χ3v) is 3.62. The topological polar surface area (TPSA) is 37.8 Å². The Bertz CT molecular complexity index is 607. The molecule has 3 nitrogen and oxygen atoms in total. The van der Waals surface area contributed by atoms with Gasteiger partial charge in [-0.1, -0.05) is 0 Å². The number of rotatable bonds is 2. The summed E-state index contributed by atoms with van der Waals surface area (Å²) in [6.07, 6.45) is 4.52. The first kappa shape index (κ1) is 9.78. The van der Waals surface area contributed by atoms with Crippen LogP contribution in [0.4, 0.5) is 0 Å². The fourth-order valence-electron chi connectivity index (χ4n) is 2.22. The summed E-state index contributed by atoms with van der Waals surface area (Å²) in [4.78, 5) is 14.0. The molecule has 1 heterocycles. The van der Waals surface area contributed by atoms with Gasteiger partial charge in [0.1, 0.15) is 6.29 Å². The Kier molecular flexibility index (Phi) is 2.17. The number of hydrogen-bond donors (Lipinski definition) is 1. The minimum Gasteiger partial charge on any atom is -0.331 e. The fourth-order valence-corrected chi connectivity index (χ4v) is 2.58. The van der Waals surface area contributed by atoms with Gasteiger partial charge in [0, 0.05) is 11.6 Å². The third kappa shape index (κ3) is 1.33. The quantitative estimate of drug-likeness (QED) is 0.637. The van der Waals surface area contributed by atoms with Gasteiger partial charge in [-0.05, 0) is 49.7 Å². The monoisotopic (exact) mass is 232 g/mol. The average molecular weight is 232 g/mol. The number of nitrogens with zero attached hydrogens (tertiary/aromatic N) is 1. The number of carbonyl (C=O) groups is 1. The molecule has 0 amide bonds. The van der Waals surface area contributed by atoms with E-state index in [9.17, 15) is 4.79 Å². The average Bonchev–Trinajstić information content (AvgIpc) is 2.53. The van der Waals surface area contributed by atoms with Crippen LogP contribution in [0.5, 0.6) is 0 Å². The molecule has 0 unspecified atom stereocenters. The Morgan fingerprint density at radius 1 is 1.44 bits per heavy atom. The van der Waals surface area contributed by atoms with Gasteiger partial charge < -0.3 is 9.55 Å². The third-order valence-electron chi connectivity index (χ3n) is 3.32. The van der Waals surface area contributed by atoms with Crippen molar-refractivity contribution in [2.75, 3.05) is 0 Å². The van der Waals surface area contributed by atoms with Gasteiger partial charge in [0.05, 0.1) is 11.0 Å². The van der Waals surface area contributed by atoms with E-state index in [2.05, 4.69) is 9.55 Å². The minimum atomic E-state index is 0.517. The number of imidazole rings is 1. The zero-order valence-corrected chi connectivity index (χ0v) is 9.59. The number of carbonyl (C=O) groups excluding carboxylic acids is 1. The molecule has 16 heavy (non-hydrogen) atoms. The molecule has 82 valence electrons. The minimum absolute atomic E-state index is 0.517. The molecule has 0 atom stereocenters. The van der Waals surface area contributed by atoms with Crippen molar-refractivity contribution in [1.29, 1.82) is 0 Å². The van der Waals surface area contributed by atoms with Gasteiger partial charge in [0.2, 0.25) is 0 Å². The lowest BCUT2D eigenvalue weighted by Crippen LogP contribution is -2.16. The molecular weight excluding hydrogens is 220 g/mol. The van der Waals surface area contributed by atoms with Crippen molar-refractivity contribution in [3.05, 3.63) is 28.5 Å². The summed E-state index contributed by atoms with van der Waals surface area (Å²) in [6, 6.07) is 6.16. The van der Waals surface area contributed by atoms with Crippen molar-refractivity contribution in [2.24, 2.45) is 0 Å². The SMILES string of the molecule is O=Cc1ccc2[nH]c(=S)n(C3CCC3)c2c1. The molecule has 1 fully saturated rings. The Labute approximate surface area is 98.1 Å². The van der Waals surface area contributed by atoms with E-state index in [1.807, 2.05) is 18.2 Å². The second-order valence-corrected chi connectivity index (χ2v) is 4.67. The molecule has 1 aliphatic carbocycles. The molecule has 2 aromatic rings. The van der Waals surface area contributed by atoms with Crippen molar-refractivity contribution in [2.45, 2.75) is 25.3 Å². The maximum absolute atomic E-state index is 10.8. The molecule has 3 rings (SSSR count). The van der Waals surface area contributed by atoms with Gasteiger partial charge in [0.25, 0.3) is 0 Å². The summed E-state index contributed by atoms with van der Waals surface area (Å²) in [5.41, 5.74) is 2.77. The molecule has 0 bridgehead atoms. The summed E-state index contributed by atoms with van der Waals surface area (Å²) in [6.45, 7) is 0. The number of aromatic nitrogens is 2. The second kappa shape index (κ2) is 3.56. The fraction of sp³-hybridized carbons (Fsp3) is 0.333. The number of aromatic amines is 1. The molecule has 4 heteroatoms. The van der Waals surface area contributed by atoms with Crippen LogP contribution in [0.2, 0.25) is 0 Å². The van der Waals surface area contributed by atoms with Crippen LogP contribution in [0.25, 0.3) is 11.0 Å². The normalized spacial score (nSPS) is 16.2. The van der Waals surface area contributed by atoms with E-state index >= 15 is 0 Å². The highest BCUT2D eigenvalue weighted by atomic mass is 32.1. The molecule has 1 aromatic heterocycles. The maximum Gasteiger partial charge on any atom is 0.178 e. The predicted octanol–water partition coefficient (Wildman–Crippen LogP) is 3.24. The van der Waals surface area contributed by atoms with E-state index in [1.165, 1.54) is 19.3 Å². The van der Waals surface area contributed by atoms with Crippen molar-refractivity contribution in [3.8, 4) is 0 Å². The standard InChI is InChI=1S/C12H12N2OS/c15-7-8-4-5-10-11(6-8)14(12(16)13-10)9-2-1-3-9/h4-7,9H,1-3H2,(H,13,16). The number of nitrogens with one attached hydrogen (secondary N) is 1. The van der Waals surface area contributed by atoms with Gasteiger partial charge >= 0.3 is 0 Å². The maximum atomic E-state index is 10.8. The zero-order valence-electron chi connectivity index (χ0n) is 8.77. The molecular formula is C12H12N2OS. The Hall–Kier alpha value is -1.42. The summed E-state index contributed by atoms with van der Waals surface area (Å²) in [5.74, 6) is 0. The highest BCUT2D eigenvalue weighted by Crippen LogP contribution is 2.34. The number of H-pyrrole nitrogens is 1. The predicted molar refractivity (Wildman–Crippen MR) is 65.4 cm³/mol. The van der Waals surface area contributed by atoms with Crippen LogP contribution < -0.4 is 0 Å². The molecule has 0 aliphatic heterocycles. The summed E-state index contributed by atoms with van der Waals surface area (Å²) in [5, 5.41) is 0. The molecule has 0 saturated heterocycles. The summed E-state index contributed by atoms with van der Waals surface area (Å²) < 4.78 is 2.92. The van der Waals surface area contributed by atoms with E-state index in [0.29, 0.717) is 11.6 Å². The van der Waals surface area contributed by atoms with Gasteiger partial charge in [-0.3, -0.25) is 4.79 Å². The van der Waals surface area contributed by atoms with Crippen LogP contribution in [-0.2, 0) is 0 Å². The van der Waals surface area contributed by atoms with E-state index in [4.69, 9.17) is 12.2 Å². The van der Waals surface area contributed by atoms with E-state index in [-0.39, 0.29) is 0 Å². The van der Waals surface area contributed by atoms with Crippen LogP contribution in [0, 0.1) is 4.77 Å². The number of fused-ring (bicyclic) bond motifs is 1. The van der Waals surface area contributed by atoms with Gasteiger partial charge in [-0.15, -0.1) is 0 Å². The largest absolute Gasteiger partial charge is 0.331 e. The summed E-state index contributed by atoms with van der Waals surface area (Å²) >= 11 is 5.33. The zero-order chi connectivity index (χ0) is 11.1. The van der Waals surface area contributed by atoms with E-state index in [1.54, 1.807) is 0 Å². The van der Waals surface area contributed by atoms with Gasteiger partial charge in [-0.2, -0.15) is 0 Å². The van der Waals surface area contributed by atoms with Crippen LogP contribution in [-0.4, -0.2) is 15.8 Å².